The summed E-state index contributed by atoms with van der Waals surface area (Å²) in [5.41, 5.74) is 0. The number of alkyl halides is 3. The lowest BCUT2D eigenvalue weighted by molar-refractivity contribution is -0.138. The molecule has 1 heterocycles. The van der Waals surface area contributed by atoms with Crippen molar-refractivity contribution in [3.05, 3.63) is 0 Å². The fourth-order valence-corrected chi connectivity index (χ4v) is 1.44. The van der Waals surface area contributed by atoms with Crippen LogP contribution in [0.3, 0.4) is 0 Å². The minimum absolute atomic E-state index is 0.0410. The molecule has 0 spiro atoms. The minimum Gasteiger partial charge on any atom is -0.320 e. The molecule has 6 heteroatoms. The number of carbonyl (C=O) groups is 1. The molecule has 0 unspecified atom stereocenters. The molecule has 0 aliphatic carbocycles. The summed E-state index contributed by atoms with van der Waals surface area (Å²) >= 11 is 0. The zero-order valence-corrected chi connectivity index (χ0v) is 8.14. The Hall–Kier alpha value is -0.940. The lowest BCUT2D eigenvalue weighted by Crippen LogP contribution is -2.40. The van der Waals surface area contributed by atoms with Gasteiger partial charge in [0.1, 0.15) is 6.54 Å². The molecule has 1 aliphatic rings. The van der Waals surface area contributed by atoms with Gasteiger partial charge in [0.25, 0.3) is 0 Å². The fraction of sp³-hybridized carbons (Fsp3) is 0.875. The molecule has 0 aromatic carbocycles. The lowest BCUT2D eigenvalue weighted by atomic mass is 10.3. The SMILES string of the molecule is CC(C)N1CCN(CC(F)(F)F)C1=O. The van der Waals surface area contributed by atoms with Crippen LogP contribution in [0.4, 0.5) is 18.0 Å². The number of hydrogen-bond donors (Lipinski definition) is 0. The van der Waals surface area contributed by atoms with Crippen molar-refractivity contribution in [1.82, 2.24) is 9.80 Å². The van der Waals surface area contributed by atoms with Gasteiger partial charge in [-0.2, -0.15) is 13.2 Å². The Bertz CT molecular complexity index is 227. The molecule has 0 bridgehead atoms. The van der Waals surface area contributed by atoms with Crippen LogP contribution in [0.1, 0.15) is 13.8 Å². The molecule has 3 nitrogen and oxygen atoms in total. The van der Waals surface area contributed by atoms with Crippen molar-refractivity contribution in [2.45, 2.75) is 26.1 Å². The summed E-state index contributed by atoms with van der Waals surface area (Å²) in [7, 11) is 0. The van der Waals surface area contributed by atoms with E-state index in [0.717, 1.165) is 4.90 Å². The first-order valence-electron chi connectivity index (χ1n) is 4.43. The van der Waals surface area contributed by atoms with E-state index in [1.807, 2.05) is 0 Å². The molecule has 2 amide bonds. The van der Waals surface area contributed by atoms with Crippen molar-refractivity contribution in [1.29, 1.82) is 0 Å². The Kier molecular flexibility index (Phi) is 2.92. The third kappa shape index (κ3) is 2.52. The number of hydrogen-bond acceptors (Lipinski definition) is 1. The van der Waals surface area contributed by atoms with Crippen LogP contribution in [-0.4, -0.2) is 47.7 Å². The van der Waals surface area contributed by atoms with E-state index in [1.165, 1.54) is 4.90 Å². The molecular formula is C8H13F3N2O. The molecule has 1 aliphatic heterocycles. The number of nitrogens with zero attached hydrogens (tertiary/aromatic N) is 2. The zero-order chi connectivity index (χ0) is 10.9. The van der Waals surface area contributed by atoms with Crippen LogP contribution < -0.4 is 0 Å². The maximum atomic E-state index is 12.0. The van der Waals surface area contributed by atoms with Gasteiger partial charge >= 0.3 is 12.2 Å². The van der Waals surface area contributed by atoms with Crippen LogP contribution in [0, 0.1) is 0 Å². The Morgan fingerprint density at radius 3 is 2.29 bits per heavy atom. The molecule has 0 aromatic rings. The van der Waals surface area contributed by atoms with Crippen LogP contribution in [0.2, 0.25) is 0 Å². The Morgan fingerprint density at radius 1 is 1.36 bits per heavy atom. The fourth-order valence-electron chi connectivity index (χ4n) is 1.44. The van der Waals surface area contributed by atoms with Crippen LogP contribution >= 0.6 is 0 Å². The average Bonchev–Trinajstić information content (AvgIpc) is 2.29. The first kappa shape index (κ1) is 11.1. The van der Waals surface area contributed by atoms with Crippen molar-refractivity contribution in [2.75, 3.05) is 19.6 Å². The second-order valence-corrected chi connectivity index (χ2v) is 3.61. The predicted octanol–water partition coefficient (Wildman–Crippen LogP) is 1.69. The van der Waals surface area contributed by atoms with Gasteiger partial charge in [-0.05, 0) is 13.8 Å². The molecule has 1 fully saturated rings. The summed E-state index contributed by atoms with van der Waals surface area (Å²) < 4.78 is 36.0. The number of carbonyl (C=O) groups excluding carboxylic acids is 1. The van der Waals surface area contributed by atoms with E-state index in [-0.39, 0.29) is 12.6 Å². The summed E-state index contributed by atoms with van der Waals surface area (Å²) in [6.45, 7) is 2.97. The quantitative estimate of drug-likeness (QED) is 0.680. The lowest BCUT2D eigenvalue weighted by Gasteiger charge is -2.22. The molecule has 14 heavy (non-hydrogen) atoms. The van der Waals surface area contributed by atoms with Gasteiger partial charge in [-0.3, -0.25) is 0 Å². The van der Waals surface area contributed by atoms with Gasteiger partial charge in [0.15, 0.2) is 0 Å². The molecule has 0 atom stereocenters. The highest BCUT2D eigenvalue weighted by atomic mass is 19.4. The van der Waals surface area contributed by atoms with Gasteiger partial charge in [0.05, 0.1) is 0 Å². The standard InChI is InChI=1S/C8H13F3N2O/c1-6(2)13-4-3-12(7(13)14)5-8(9,10)11/h6H,3-5H2,1-2H3. The second kappa shape index (κ2) is 3.67. The Morgan fingerprint density at radius 2 is 1.93 bits per heavy atom. The molecular weight excluding hydrogens is 197 g/mol. The van der Waals surface area contributed by atoms with Crippen LogP contribution in [0.25, 0.3) is 0 Å². The van der Waals surface area contributed by atoms with Crippen molar-refractivity contribution < 1.29 is 18.0 Å². The molecule has 0 N–H and O–H groups in total. The van der Waals surface area contributed by atoms with E-state index < -0.39 is 18.8 Å². The summed E-state index contributed by atoms with van der Waals surface area (Å²) in [6, 6.07) is -0.557. The smallest absolute Gasteiger partial charge is 0.320 e. The number of rotatable bonds is 2. The third-order valence-corrected chi connectivity index (χ3v) is 2.12. The summed E-state index contributed by atoms with van der Waals surface area (Å²) in [5.74, 6) is 0. The number of halogens is 3. The Labute approximate surface area is 80.5 Å². The maximum Gasteiger partial charge on any atom is 0.406 e. The van der Waals surface area contributed by atoms with E-state index in [0.29, 0.717) is 6.54 Å². The van der Waals surface area contributed by atoms with E-state index in [2.05, 4.69) is 0 Å². The van der Waals surface area contributed by atoms with Gasteiger partial charge in [0.2, 0.25) is 0 Å². The molecule has 1 rings (SSSR count). The van der Waals surface area contributed by atoms with Crippen molar-refractivity contribution >= 4 is 6.03 Å². The molecule has 0 aromatic heterocycles. The number of amides is 2. The predicted molar refractivity (Wildman–Crippen MR) is 44.9 cm³/mol. The monoisotopic (exact) mass is 210 g/mol. The van der Waals surface area contributed by atoms with Gasteiger partial charge < -0.3 is 9.80 Å². The minimum atomic E-state index is -4.30. The number of urea groups is 1. The maximum absolute atomic E-state index is 12.0. The van der Waals surface area contributed by atoms with E-state index >= 15 is 0 Å². The van der Waals surface area contributed by atoms with Crippen molar-refractivity contribution in [3.8, 4) is 0 Å². The van der Waals surface area contributed by atoms with Crippen molar-refractivity contribution in [3.63, 3.8) is 0 Å². The summed E-state index contributed by atoms with van der Waals surface area (Å²) in [6.07, 6.45) is -4.30. The van der Waals surface area contributed by atoms with E-state index in [9.17, 15) is 18.0 Å². The highest BCUT2D eigenvalue weighted by Crippen LogP contribution is 2.20. The van der Waals surface area contributed by atoms with E-state index in [1.54, 1.807) is 13.8 Å². The highest BCUT2D eigenvalue weighted by molar-refractivity contribution is 5.76. The average molecular weight is 210 g/mol. The summed E-state index contributed by atoms with van der Waals surface area (Å²) in [5, 5.41) is 0. The van der Waals surface area contributed by atoms with Gasteiger partial charge in [-0.1, -0.05) is 0 Å². The van der Waals surface area contributed by atoms with Gasteiger partial charge in [-0.15, -0.1) is 0 Å². The zero-order valence-electron chi connectivity index (χ0n) is 8.14. The highest BCUT2D eigenvalue weighted by Gasteiger charge is 2.38. The summed E-state index contributed by atoms with van der Waals surface area (Å²) in [4.78, 5) is 13.6. The topological polar surface area (TPSA) is 23.6 Å². The normalized spacial score (nSPS) is 18.6. The third-order valence-electron chi connectivity index (χ3n) is 2.12. The molecule has 0 radical (unpaired) electrons. The molecule has 1 saturated heterocycles. The van der Waals surface area contributed by atoms with Crippen LogP contribution in [-0.2, 0) is 0 Å². The van der Waals surface area contributed by atoms with Gasteiger partial charge in [0, 0.05) is 19.1 Å². The Balaban J connectivity index is 2.56. The molecule has 0 saturated carbocycles. The molecule has 82 valence electrons. The largest absolute Gasteiger partial charge is 0.406 e. The van der Waals surface area contributed by atoms with Crippen LogP contribution in [0.15, 0.2) is 0 Å². The van der Waals surface area contributed by atoms with Crippen LogP contribution in [0.5, 0.6) is 0 Å². The first-order chi connectivity index (χ1) is 6.31. The van der Waals surface area contributed by atoms with Crippen molar-refractivity contribution in [2.24, 2.45) is 0 Å². The second-order valence-electron chi connectivity index (χ2n) is 3.61. The first-order valence-corrected chi connectivity index (χ1v) is 4.43. The van der Waals surface area contributed by atoms with Gasteiger partial charge in [-0.25, -0.2) is 4.79 Å². The van der Waals surface area contributed by atoms with E-state index in [4.69, 9.17) is 0 Å².